The van der Waals surface area contributed by atoms with Crippen molar-refractivity contribution in [3.63, 3.8) is 0 Å². The van der Waals surface area contributed by atoms with Crippen molar-refractivity contribution in [2.45, 2.75) is 31.3 Å². The van der Waals surface area contributed by atoms with Crippen LogP contribution in [0.4, 0.5) is 5.69 Å². The normalized spacial score (nSPS) is 25.9. The molecule has 1 unspecified atom stereocenters. The summed E-state index contributed by atoms with van der Waals surface area (Å²) in [6.07, 6.45) is 4.08. The van der Waals surface area contributed by atoms with E-state index in [1.807, 2.05) is 0 Å². The fraction of sp³-hybridized carbons (Fsp3) is 0.538. The average Bonchev–Trinajstić information content (AvgIpc) is 2.96. The van der Waals surface area contributed by atoms with Crippen LogP contribution in [0.2, 0.25) is 0 Å². The van der Waals surface area contributed by atoms with Crippen LogP contribution in [-0.2, 0) is 0 Å². The molecule has 15 heavy (non-hydrogen) atoms. The van der Waals surface area contributed by atoms with Crippen molar-refractivity contribution in [1.29, 1.82) is 0 Å². The van der Waals surface area contributed by atoms with Gasteiger partial charge in [-0.2, -0.15) is 0 Å². The van der Waals surface area contributed by atoms with Gasteiger partial charge in [-0.05, 0) is 31.4 Å². The van der Waals surface area contributed by atoms with E-state index in [0.29, 0.717) is 0 Å². The molecule has 2 fully saturated rings. The first-order valence-corrected chi connectivity index (χ1v) is 5.98. The molecule has 1 saturated carbocycles. The SMILES string of the molecule is c1ccc(N2CCC(NC3CC3)C2)cc1. The third-order valence-electron chi connectivity index (χ3n) is 3.36. The Morgan fingerprint density at radius 1 is 1.00 bits per heavy atom. The number of para-hydroxylation sites is 1. The van der Waals surface area contributed by atoms with E-state index in [1.54, 1.807) is 0 Å². The van der Waals surface area contributed by atoms with Gasteiger partial charge in [0.15, 0.2) is 0 Å². The number of rotatable bonds is 3. The molecule has 80 valence electrons. The highest BCUT2D eigenvalue weighted by Gasteiger charge is 2.28. The van der Waals surface area contributed by atoms with Crippen LogP contribution in [0.1, 0.15) is 19.3 Å². The van der Waals surface area contributed by atoms with E-state index in [-0.39, 0.29) is 0 Å². The molecule has 1 N–H and O–H groups in total. The highest BCUT2D eigenvalue weighted by Crippen LogP contribution is 2.24. The van der Waals surface area contributed by atoms with Gasteiger partial charge in [0.2, 0.25) is 0 Å². The lowest BCUT2D eigenvalue weighted by molar-refractivity contribution is 0.548. The summed E-state index contributed by atoms with van der Waals surface area (Å²) in [6, 6.07) is 12.3. The molecule has 0 bridgehead atoms. The summed E-state index contributed by atoms with van der Waals surface area (Å²) in [6.45, 7) is 2.38. The van der Waals surface area contributed by atoms with Crippen LogP contribution >= 0.6 is 0 Å². The molecule has 2 heteroatoms. The van der Waals surface area contributed by atoms with Crippen molar-refractivity contribution in [2.24, 2.45) is 0 Å². The molecular formula is C13H18N2. The first-order chi connectivity index (χ1) is 7.42. The maximum Gasteiger partial charge on any atom is 0.0366 e. The third-order valence-corrected chi connectivity index (χ3v) is 3.36. The Kier molecular flexibility index (Phi) is 2.37. The van der Waals surface area contributed by atoms with E-state index in [4.69, 9.17) is 0 Å². The van der Waals surface area contributed by atoms with Crippen LogP contribution < -0.4 is 10.2 Å². The van der Waals surface area contributed by atoms with Crippen molar-refractivity contribution in [2.75, 3.05) is 18.0 Å². The minimum Gasteiger partial charge on any atom is -0.370 e. The first kappa shape index (κ1) is 9.22. The standard InChI is InChI=1S/C13H18N2/c1-2-4-13(5-3-1)15-9-8-12(10-15)14-11-6-7-11/h1-5,11-12,14H,6-10H2. The van der Waals surface area contributed by atoms with Gasteiger partial charge in [-0.15, -0.1) is 0 Å². The fourth-order valence-corrected chi connectivity index (χ4v) is 2.35. The maximum atomic E-state index is 3.71. The second-order valence-corrected chi connectivity index (χ2v) is 4.71. The van der Waals surface area contributed by atoms with E-state index in [9.17, 15) is 0 Å². The van der Waals surface area contributed by atoms with Gasteiger partial charge in [-0.3, -0.25) is 0 Å². The molecule has 1 atom stereocenters. The van der Waals surface area contributed by atoms with Crippen molar-refractivity contribution in [3.8, 4) is 0 Å². The lowest BCUT2D eigenvalue weighted by atomic mass is 10.2. The molecule has 0 amide bonds. The van der Waals surface area contributed by atoms with Gasteiger partial charge in [0, 0.05) is 30.9 Å². The number of hydrogen-bond acceptors (Lipinski definition) is 2. The molecule has 0 aromatic heterocycles. The molecule has 0 radical (unpaired) electrons. The van der Waals surface area contributed by atoms with E-state index >= 15 is 0 Å². The summed E-state index contributed by atoms with van der Waals surface area (Å²) < 4.78 is 0. The van der Waals surface area contributed by atoms with Crippen molar-refractivity contribution >= 4 is 5.69 Å². The maximum absolute atomic E-state index is 3.71. The summed E-state index contributed by atoms with van der Waals surface area (Å²) in [7, 11) is 0. The molecule has 0 spiro atoms. The molecule has 1 heterocycles. The van der Waals surface area contributed by atoms with Crippen LogP contribution in [0.5, 0.6) is 0 Å². The first-order valence-electron chi connectivity index (χ1n) is 5.98. The molecule has 2 aliphatic rings. The van der Waals surface area contributed by atoms with Crippen LogP contribution in [0, 0.1) is 0 Å². The number of nitrogens with one attached hydrogen (secondary N) is 1. The molecule has 2 nitrogen and oxygen atoms in total. The number of benzene rings is 1. The molecule has 1 aromatic carbocycles. The number of nitrogens with zero attached hydrogens (tertiary/aromatic N) is 1. The van der Waals surface area contributed by atoms with Crippen LogP contribution in [-0.4, -0.2) is 25.2 Å². The van der Waals surface area contributed by atoms with Crippen molar-refractivity contribution < 1.29 is 0 Å². The number of anilines is 1. The molecule has 1 aliphatic carbocycles. The Morgan fingerprint density at radius 3 is 2.53 bits per heavy atom. The van der Waals surface area contributed by atoms with Gasteiger partial charge >= 0.3 is 0 Å². The van der Waals surface area contributed by atoms with Gasteiger partial charge in [-0.1, -0.05) is 18.2 Å². The summed E-state index contributed by atoms with van der Waals surface area (Å²) in [4.78, 5) is 2.49. The van der Waals surface area contributed by atoms with E-state index in [2.05, 4.69) is 40.5 Å². The minimum absolute atomic E-state index is 0.720. The Balaban J connectivity index is 1.60. The largest absolute Gasteiger partial charge is 0.370 e. The zero-order valence-corrected chi connectivity index (χ0v) is 9.02. The average molecular weight is 202 g/mol. The predicted octanol–water partition coefficient (Wildman–Crippen LogP) is 2.02. The second kappa shape index (κ2) is 3.86. The zero-order chi connectivity index (χ0) is 10.1. The summed E-state index contributed by atoms with van der Waals surface area (Å²) in [5.74, 6) is 0. The molecule has 1 aromatic rings. The van der Waals surface area contributed by atoms with Gasteiger partial charge < -0.3 is 10.2 Å². The Labute approximate surface area is 91.3 Å². The second-order valence-electron chi connectivity index (χ2n) is 4.71. The third kappa shape index (κ3) is 2.15. The Bertz CT molecular complexity index is 319. The predicted molar refractivity (Wildman–Crippen MR) is 63.2 cm³/mol. The Morgan fingerprint density at radius 2 is 1.80 bits per heavy atom. The quantitative estimate of drug-likeness (QED) is 0.806. The van der Waals surface area contributed by atoms with Crippen LogP contribution in [0.15, 0.2) is 30.3 Å². The van der Waals surface area contributed by atoms with Gasteiger partial charge in [-0.25, -0.2) is 0 Å². The molecule has 1 aliphatic heterocycles. The van der Waals surface area contributed by atoms with Crippen molar-refractivity contribution in [3.05, 3.63) is 30.3 Å². The van der Waals surface area contributed by atoms with E-state index < -0.39 is 0 Å². The van der Waals surface area contributed by atoms with Crippen molar-refractivity contribution in [1.82, 2.24) is 5.32 Å². The summed E-state index contributed by atoms with van der Waals surface area (Å²) in [5.41, 5.74) is 1.37. The molecule has 3 rings (SSSR count). The Hall–Kier alpha value is -1.02. The smallest absolute Gasteiger partial charge is 0.0366 e. The van der Waals surface area contributed by atoms with Crippen LogP contribution in [0.25, 0.3) is 0 Å². The van der Waals surface area contributed by atoms with E-state index in [0.717, 1.165) is 12.1 Å². The topological polar surface area (TPSA) is 15.3 Å². The van der Waals surface area contributed by atoms with E-state index in [1.165, 1.54) is 38.0 Å². The molecule has 1 saturated heterocycles. The zero-order valence-electron chi connectivity index (χ0n) is 9.02. The minimum atomic E-state index is 0.720. The van der Waals surface area contributed by atoms with Gasteiger partial charge in [0.25, 0.3) is 0 Å². The van der Waals surface area contributed by atoms with Gasteiger partial charge in [0.05, 0.1) is 0 Å². The van der Waals surface area contributed by atoms with Crippen LogP contribution in [0.3, 0.4) is 0 Å². The fourth-order valence-electron chi connectivity index (χ4n) is 2.35. The lowest BCUT2D eigenvalue weighted by Crippen LogP contribution is -2.33. The summed E-state index contributed by atoms with van der Waals surface area (Å²) >= 11 is 0. The monoisotopic (exact) mass is 202 g/mol. The summed E-state index contributed by atoms with van der Waals surface area (Å²) in [5, 5.41) is 3.71. The lowest BCUT2D eigenvalue weighted by Gasteiger charge is -2.18. The highest BCUT2D eigenvalue weighted by atomic mass is 15.2. The van der Waals surface area contributed by atoms with Gasteiger partial charge in [0.1, 0.15) is 0 Å². The molecular weight excluding hydrogens is 184 g/mol. The highest BCUT2D eigenvalue weighted by molar-refractivity contribution is 5.47. The number of hydrogen-bond donors (Lipinski definition) is 1.